The second-order valence-corrected chi connectivity index (χ2v) is 6.34. The molecule has 114 valence electrons. The molecule has 1 aliphatic rings. The van der Waals surface area contributed by atoms with Crippen molar-refractivity contribution in [3.63, 3.8) is 0 Å². The lowest BCUT2D eigenvalue weighted by Gasteiger charge is -2.27. The fraction of sp³-hybridized carbons (Fsp3) is 0.611. The van der Waals surface area contributed by atoms with E-state index < -0.39 is 0 Å². The Morgan fingerprint density at radius 2 is 2.00 bits per heavy atom. The van der Waals surface area contributed by atoms with Gasteiger partial charge in [0.05, 0.1) is 23.7 Å². The fourth-order valence-corrected chi connectivity index (χ4v) is 3.60. The number of rotatable bonds is 5. The second-order valence-electron chi connectivity index (χ2n) is 6.34. The highest BCUT2D eigenvalue weighted by Crippen LogP contribution is 2.28. The van der Waals surface area contributed by atoms with E-state index >= 15 is 0 Å². The van der Waals surface area contributed by atoms with Crippen molar-refractivity contribution < 1.29 is 5.11 Å². The molecule has 1 aliphatic carbocycles. The molecule has 3 rings (SSSR count). The normalized spacial score (nSPS) is 18.2. The minimum Gasteiger partial charge on any atom is -0.391 e. The van der Waals surface area contributed by atoms with Crippen molar-refractivity contribution in [1.29, 1.82) is 0 Å². The predicted molar refractivity (Wildman–Crippen MR) is 86.3 cm³/mol. The number of imidazole rings is 1. The fourth-order valence-electron chi connectivity index (χ4n) is 3.60. The van der Waals surface area contributed by atoms with Crippen molar-refractivity contribution in [2.45, 2.75) is 64.5 Å². The van der Waals surface area contributed by atoms with Gasteiger partial charge in [0.1, 0.15) is 5.82 Å². The van der Waals surface area contributed by atoms with Gasteiger partial charge in [-0.1, -0.05) is 38.3 Å². The van der Waals surface area contributed by atoms with Crippen LogP contribution in [0.4, 0.5) is 0 Å². The third-order valence-electron chi connectivity index (χ3n) is 4.77. The van der Waals surface area contributed by atoms with Crippen LogP contribution in [0.25, 0.3) is 11.0 Å². The maximum atomic E-state index is 10.6. The number of hydrogen-bond donors (Lipinski definition) is 1. The van der Waals surface area contributed by atoms with Crippen molar-refractivity contribution in [3.8, 4) is 0 Å². The van der Waals surface area contributed by atoms with Gasteiger partial charge in [-0.3, -0.25) is 0 Å². The summed E-state index contributed by atoms with van der Waals surface area (Å²) in [5, 5.41) is 10.6. The molecule has 0 amide bonds. The summed E-state index contributed by atoms with van der Waals surface area (Å²) in [6, 6.07) is 8.28. The van der Waals surface area contributed by atoms with Crippen molar-refractivity contribution >= 4 is 11.0 Å². The van der Waals surface area contributed by atoms with Crippen LogP contribution in [0.15, 0.2) is 24.3 Å². The van der Waals surface area contributed by atoms with Crippen LogP contribution in [0.1, 0.15) is 51.3 Å². The average molecular weight is 286 g/mol. The van der Waals surface area contributed by atoms with Gasteiger partial charge in [0.2, 0.25) is 0 Å². The predicted octanol–water partition coefficient (Wildman–Crippen LogP) is 3.93. The summed E-state index contributed by atoms with van der Waals surface area (Å²) >= 11 is 0. The van der Waals surface area contributed by atoms with E-state index in [1.54, 1.807) is 0 Å². The van der Waals surface area contributed by atoms with E-state index in [0.29, 0.717) is 12.5 Å². The van der Waals surface area contributed by atoms with Crippen molar-refractivity contribution in [3.05, 3.63) is 30.1 Å². The number of aliphatic hydroxyl groups is 1. The molecule has 1 heterocycles. The molecule has 1 saturated carbocycles. The van der Waals surface area contributed by atoms with Gasteiger partial charge in [-0.15, -0.1) is 0 Å². The van der Waals surface area contributed by atoms with Crippen LogP contribution in [-0.4, -0.2) is 20.8 Å². The average Bonchev–Trinajstić information content (AvgIpc) is 2.86. The topological polar surface area (TPSA) is 38.0 Å². The van der Waals surface area contributed by atoms with Gasteiger partial charge in [-0.2, -0.15) is 0 Å². The second kappa shape index (κ2) is 6.61. The number of benzene rings is 1. The van der Waals surface area contributed by atoms with E-state index in [2.05, 4.69) is 29.7 Å². The third-order valence-corrected chi connectivity index (χ3v) is 4.77. The lowest BCUT2D eigenvalue weighted by atomic mass is 9.85. The van der Waals surface area contributed by atoms with Crippen molar-refractivity contribution in [2.75, 3.05) is 0 Å². The van der Waals surface area contributed by atoms with E-state index in [1.807, 2.05) is 6.07 Å². The number of nitrogens with zero attached hydrogens (tertiary/aromatic N) is 2. The maximum Gasteiger partial charge on any atom is 0.109 e. The molecule has 2 aromatic rings. The Morgan fingerprint density at radius 1 is 1.24 bits per heavy atom. The van der Waals surface area contributed by atoms with Crippen molar-refractivity contribution in [1.82, 2.24) is 9.55 Å². The molecular weight excluding hydrogens is 260 g/mol. The third kappa shape index (κ3) is 3.13. The number of aryl methyl sites for hydroxylation is 1. The molecule has 1 fully saturated rings. The Balaban J connectivity index is 1.85. The molecule has 3 heteroatoms. The summed E-state index contributed by atoms with van der Waals surface area (Å²) in [7, 11) is 0. The number of aliphatic hydroxyl groups excluding tert-OH is 1. The van der Waals surface area contributed by atoms with E-state index in [9.17, 15) is 5.11 Å². The first-order valence-electron chi connectivity index (χ1n) is 8.41. The summed E-state index contributed by atoms with van der Waals surface area (Å²) in [5.41, 5.74) is 2.22. The van der Waals surface area contributed by atoms with Gasteiger partial charge >= 0.3 is 0 Å². The van der Waals surface area contributed by atoms with E-state index in [1.165, 1.54) is 32.1 Å². The zero-order valence-electron chi connectivity index (χ0n) is 13.0. The summed E-state index contributed by atoms with van der Waals surface area (Å²) in [6.07, 6.45) is 8.06. The molecular formula is C18H26N2O. The molecule has 0 saturated heterocycles. The van der Waals surface area contributed by atoms with Crippen LogP contribution in [0.2, 0.25) is 0 Å². The molecule has 1 unspecified atom stereocenters. The molecule has 3 nitrogen and oxygen atoms in total. The van der Waals surface area contributed by atoms with E-state index in [0.717, 1.165) is 29.7 Å². The Hall–Kier alpha value is -1.35. The first-order chi connectivity index (χ1) is 10.3. The largest absolute Gasteiger partial charge is 0.391 e. The van der Waals surface area contributed by atoms with Crippen LogP contribution >= 0.6 is 0 Å². The molecule has 0 radical (unpaired) electrons. The van der Waals surface area contributed by atoms with Crippen LogP contribution in [-0.2, 0) is 13.0 Å². The van der Waals surface area contributed by atoms with Gasteiger partial charge in [-0.25, -0.2) is 4.98 Å². The van der Waals surface area contributed by atoms with Crippen LogP contribution in [0.3, 0.4) is 0 Å². The number of fused-ring (bicyclic) bond motifs is 1. The molecule has 1 aromatic heterocycles. The quantitative estimate of drug-likeness (QED) is 0.904. The Morgan fingerprint density at radius 3 is 2.76 bits per heavy atom. The van der Waals surface area contributed by atoms with Gasteiger partial charge in [0.25, 0.3) is 0 Å². The summed E-state index contributed by atoms with van der Waals surface area (Å²) < 4.78 is 2.25. The minimum absolute atomic E-state index is 0.237. The Bertz CT molecular complexity index is 584. The highest BCUT2D eigenvalue weighted by Gasteiger charge is 2.23. The molecule has 1 aromatic carbocycles. The van der Waals surface area contributed by atoms with Gasteiger partial charge in [0, 0.05) is 6.42 Å². The smallest absolute Gasteiger partial charge is 0.109 e. The number of hydrogen-bond acceptors (Lipinski definition) is 2. The molecule has 21 heavy (non-hydrogen) atoms. The Kier molecular flexibility index (Phi) is 4.59. The number of para-hydroxylation sites is 2. The lowest BCUT2D eigenvalue weighted by Crippen LogP contribution is -2.28. The zero-order chi connectivity index (χ0) is 14.7. The maximum absolute atomic E-state index is 10.6. The standard InChI is InChI=1S/C18H26N2O/c1-2-8-18-19-15-11-6-7-12-16(15)20(18)13-17(21)14-9-4-3-5-10-14/h6-7,11-12,14,17,21H,2-5,8-10,13H2,1H3. The molecule has 0 spiro atoms. The van der Waals surface area contributed by atoms with Crippen LogP contribution < -0.4 is 0 Å². The highest BCUT2D eigenvalue weighted by molar-refractivity contribution is 5.75. The SMILES string of the molecule is CCCc1nc2ccccc2n1CC(O)C1CCCCC1. The lowest BCUT2D eigenvalue weighted by molar-refractivity contribution is 0.0698. The van der Waals surface area contributed by atoms with Gasteiger partial charge in [0.15, 0.2) is 0 Å². The van der Waals surface area contributed by atoms with E-state index in [4.69, 9.17) is 4.98 Å². The molecule has 1 N–H and O–H groups in total. The first-order valence-corrected chi connectivity index (χ1v) is 8.41. The monoisotopic (exact) mass is 286 g/mol. The number of aromatic nitrogens is 2. The summed E-state index contributed by atoms with van der Waals surface area (Å²) in [6.45, 7) is 2.88. The summed E-state index contributed by atoms with van der Waals surface area (Å²) in [4.78, 5) is 4.75. The molecule has 0 aliphatic heterocycles. The van der Waals surface area contributed by atoms with Crippen LogP contribution in [0.5, 0.6) is 0 Å². The van der Waals surface area contributed by atoms with Crippen LogP contribution in [0, 0.1) is 5.92 Å². The molecule has 0 bridgehead atoms. The Labute approximate surface area is 127 Å². The van der Waals surface area contributed by atoms with Gasteiger partial charge in [-0.05, 0) is 37.3 Å². The molecule has 1 atom stereocenters. The summed E-state index contributed by atoms with van der Waals surface area (Å²) in [5.74, 6) is 1.59. The first kappa shape index (κ1) is 14.6. The zero-order valence-corrected chi connectivity index (χ0v) is 13.0. The van der Waals surface area contributed by atoms with Gasteiger partial charge < -0.3 is 9.67 Å². The highest BCUT2D eigenvalue weighted by atomic mass is 16.3. The van der Waals surface area contributed by atoms with E-state index in [-0.39, 0.29) is 6.10 Å². The van der Waals surface area contributed by atoms with Crippen molar-refractivity contribution in [2.24, 2.45) is 5.92 Å². The minimum atomic E-state index is -0.237.